The molecule has 8 aromatic carbocycles. The molecule has 8 aromatic rings. The van der Waals surface area contributed by atoms with Gasteiger partial charge < -0.3 is 0 Å². The van der Waals surface area contributed by atoms with Crippen LogP contribution in [0, 0.1) is 0 Å². The molecule has 0 unspecified atom stereocenters. The van der Waals surface area contributed by atoms with Gasteiger partial charge in [-0.25, -0.2) is 0 Å². The van der Waals surface area contributed by atoms with E-state index in [4.69, 9.17) is 0 Å². The first-order valence-electron chi connectivity index (χ1n) is 18.5. The maximum absolute atomic E-state index is 2.29. The predicted octanol–water partition coefficient (Wildman–Crippen LogP) is 14.4. The van der Waals surface area contributed by atoms with Crippen molar-refractivity contribution in [2.75, 3.05) is 0 Å². The minimum absolute atomic E-state index is 1.16. The summed E-state index contributed by atoms with van der Waals surface area (Å²) in [4.78, 5) is 0. The molecule has 0 aliphatic heterocycles. The van der Waals surface area contributed by atoms with Crippen molar-refractivity contribution in [2.45, 2.75) is 0 Å². The summed E-state index contributed by atoms with van der Waals surface area (Å²) in [6.07, 6.45) is 13.4. The summed E-state index contributed by atoms with van der Waals surface area (Å²) in [5.41, 5.74) is 14.3. The van der Waals surface area contributed by atoms with Crippen LogP contribution in [0.2, 0.25) is 0 Å². The van der Waals surface area contributed by atoms with Gasteiger partial charge in [0, 0.05) is 0 Å². The number of fused-ring (bicyclic) bond motifs is 1. The van der Waals surface area contributed by atoms with Crippen molar-refractivity contribution in [1.82, 2.24) is 0 Å². The van der Waals surface area contributed by atoms with Crippen LogP contribution in [0.15, 0.2) is 206 Å². The highest BCUT2D eigenvalue weighted by atomic mass is 14.1. The van der Waals surface area contributed by atoms with E-state index in [0.29, 0.717) is 0 Å². The van der Waals surface area contributed by atoms with Gasteiger partial charge in [-0.1, -0.05) is 218 Å². The topological polar surface area (TPSA) is 0 Å². The first-order chi connectivity index (χ1) is 26.7. The average molecular weight is 689 g/mol. The third-order valence-electron chi connectivity index (χ3n) is 9.70. The van der Waals surface area contributed by atoms with Gasteiger partial charge in [0.25, 0.3) is 0 Å². The van der Waals surface area contributed by atoms with E-state index in [-0.39, 0.29) is 0 Å². The van der Waals surface area contributed by atoms with E-state index < -0.39 is 0 Å². The average Bonchev–Trinajstić information content (AvgIpc) is 3.25. The maximum Gasteiger partial charge on any atom is -0.0105 e. The Bertz CT molecular complexity index is 2300. The fourth-order valence-corrected chi connectivity index (χ4v) is 6.81. The molecule has 0 spiro atoms. The molecule has 8 rings (SSSR count). The molecular weight excluding hydrogens is 649 g/mol. The summed E-state index contributed by atoms with van der Waals surface area (Å²) in [7, 11) is 0. The monoisotopic (exact) mass is 688 g/mol. The van der Waals surface area contributed by atoms with Crippen LogP contribution >= 0.6 is 0 Å². The van der Waals surface area contributed by atoms with Gasteiger partial charge in [0.1, 0.15) is 0 Å². The summed E-state index contributed by atoms with van der Waals surface area (Å²) in [5, 5.41) is 2.46. The Morgan fingerprint density at radius 2 is 0.537 bits per heavy atom. The molecule has 0 aromatic heterocycles. The Hall–Kier alpha value is -7.02. The Balaban J connectivity index is 1.05. The zero-order valence-electron chi connectivity index (χ0n) is 30.1. The van der Waals surface area contributed by atoms with Crippen LogP contribution < -0.4 is 0 Å². The summed E-state index contributed by atoms with van der Waals surface area (Å²) in [6, 6.07) is 73.2. The lowest BCUT2D eigenvalue weighted by molar-refractivity contribution is 1.55. The predicted molar refractivity (Wildman–Crippen MR) is 234 cm³/mol. The van der Waals surface area contributed by atoms with Crippen LogP contribution in [0.25, 0.3) is 58.4 Å². The molecule has 0 amide bonds. The second-order valence-corrected chi connectivity index (χ2v) is 13.4. The molecule has 0 atom stereocenters. The van der Waals surface area contributed by atoms with Crippen LogP contribution in [0.4, 0.5) is 0 Å². The highest BCUT2D eigenvalue weighted by Gasteiger charge is 2.07. The molecule has 0 saturated heterocycles. The maximum atomic E-state index is 2.29. The van der Waals surface area contributed by atoms with Crippen molar-refractivity contribution in [3.05, 3.63) is 262 Å². The largest absolute Gasteiger partial charge is 0.0622 e. The second-order valence-electron chi connectivity index (χ2n) is 13.4. The fraction of sp³-hybridized carbons (Fsp3) is 0. The lowest BCUT2D eigenvalue weighted by Gasteiger charge is -2.09. The lowest BCUT2D eigenvalue weighted by atomic mass is 9.95. The minimum atomic E-state index is 1.16. The third-order valence-corrected chi connectivity index (χ3v) is 9.70. The summed E-state index contributed by atoms with van der Waals surface area (Å²) in [6.45, 7) is 0. The minimum Gasteiger partial charge on any atom is -0.0622 e. The Kier molecular flexibility index (Phi) is 10.4. The molecule has 0 bridgehead atoms. The highest BCUT2D eigenvalue weighted by molar-refractivity contribution is 5.94. The van der Waals surface area contributed by atoms with E-state index >= 15 is 0 Å². The number of benzene rings is 8. The number of rotatable bonds is 10. The molecule has 0 radical (unpaired) electrons. The number of hydrogen-bond acceptors (Lipinski definition) is 0. The van der Waals surface area contributed by atoms with Crippen molar-refractivity contribution in [3.8, 4) is 0 Å². The molecule has 0 fully saturated rings. The van der Waals surface area contributed by atoms with E-state index in [9.17, 15) is 0 Å². The van der Waals surface area contributed by atoms with Crippen LogP contribution in [-0.2, 0) is 0 Å². The smallest absolute Gasteiger partial charge is 0.0105 e. The molecule has 0 aliphatic carbocycles. The summed E-state index contributed by atoms with van der Waals surface area (Å²) >= 11 is 0. The van der Waals surface area contributed by atoms with Crippen molar-refractivity contribution >= 4 is 58.4 Å². The van der Waals surface area contributed by atoms with Crippen LogP contribution in [0.1, 0.15) is 55.6 Å². The molecule has 0 saturated carbocycles. The van der Waals surface area contributed by atoms with Crippen molar-refractivity contribution < 1.29 is 0 Å². The molecule has 54 heavy (non-hydrogen) atoms. The van der Waals surface area contributed by atoms with Crippen LogP contribution in [0.5, 0.6) is 0 Å². The molecule has 0 heteroatoms. The highest BCUT2D eigenvalue weighted by Crippen LogP contribution is 2.29. The summed E-state index contributed by atoms with van der Waals surface area (Å²) in [5.74, 6) is 0. The van der Waals surface area contributed by atoms with Gasteiger partial charge in [0.05, 0.1) is 0 Å². The lowest BCUT2D eigenvalue weighted by Crippen LogP contribution is -1.88. The van der Waals surface area contributed by atoms with Crippen LogP contribution in [0.3, 0.4) is 0 Å². The zero-order valence-corrected chi connectivity index (χ0v) is 30.1. The van der Waals surface area contributed by atoms with E-state index in [2.05, 4.69) is 243 Å². The first kappa shape index (κ1) is 34.1. The summed E-state index contributed by atoms with van der Waals surface area (Å²) < 4.78 is 0. The third kappa shape index (κ3) is 8.37. The van der Waals surface area contributed by atoms with Gasteiger partial charge in [0.2, 0.25) is 0 Å². The quantitative estimate of drug-likeness (QED) is 0.125. The SMILES string of the molecule is C(=C(c1ccccc1)c1ccccc1)c1ccc(/C=C\c2cc3ccccc3cc2/C=C\c2ccc(C=C(c3ccccc3)c3ccccc3)cc2)cc1. The van der Waals surface area contributed by atoms with Gasteiger partial charge in [-0.15, -0.1) is 0 Å². The van der Waals surface area contributed by atoms with Gasteiger partial charge in [-0.2, -0.15) is 0 Å². The Morgan fingerprint density at radius 1 is 0.259 bits per heavy atom. The van der Waals surface area contributed by atoms with Gasteiger partial charge in [0.15, 0.2) is 0 Å². The van der Waals surface area contributed by atoms with E-state index in [1.165, 1.54) is 66.4 Å². The molecule has 0 nitrogen and oxygen atoms in total. The molecule has 256 valence electrons. The van der Waals surface area contributed by atoms with E-state index in [0.717, 1.165) is 11.1 Å². The van der Waals surface area contributed by atoms with Crippen molar-refractivity contribution in [2.24, 2.45) is 0 Å². The van der Waals surface area contributed by atoms with Crippen molar-refractivity contribution in [3.63, 3.8) is 0 Å². The fourth-order valence-electron chi connectivity index (χ4n) is 6.81. The Morgan fingerprint density at radius 3 is 0.852 bits per heavy atom. The molecule has 0 aliphatic rings. The second kappa shape index (κ2) is 16.5. The van der Waals surface area contributed by atoms with E-state index in [1.54, 1.807) is 0 Å². The van der Waals surface area contributed by atoms with Gasteiger partial charge in [-0.05, 0) is 102 Å². The standard InChI is InChI=1S/C54H40/c1-5-15-45(16-6-1)53(46-17-7-2-8-18-46)37-43-29-25-41(26-30-43)33-35-51-39-49-23-13-14-24-50(49)40-52(51)36-34-42-27-31-44(32-28-42)38-54(47-19-9-3-10-20-47)48-21-11-4-12-22-48/h1-40H/b35-33-,36-34-. The van der Waals surface area contributed by atoms with Crippen molar-refractivity contribution in [1.29, 1.82) is 0 Å². The van der Waals surface area contributed by atoms with E-state index in [1.807, 2.05) is 0 Å². The first-order valence-corrected chi connectivity index (χ1v) is 18.5. The van der Waals surface area contributed by atoms with Gasteiger partial charge in [-0.3, -0.25) is 0 Å². The molecule has 0 N–H and O–H groups in total. The molecule has 0 heterocycles. The van der Waals surface area contributed by atoms with Crippen LogP contribution in [-0.4, -0.2) is 0 Å². The zero-order chi connectivity index (χ0) is 36.4. The number of hydrogen-bond donors (Lipinski definition) is 0. The normalized spacial score (nSPS) is 11.2. The molecular formula is C54H40. The van der Waals surface area contributed by atoms with Gasteiger partial charge >= 0.3 is 0 Å². The Labute approximate surface area is 319 Å².